The molecule has 0 unspecified atom stereocenters. The summed E-state index contributed by atoms with van der Waals surface area (Å²) < 4.78 is 0. The van der Waals surface area contributed by atoms with Gasteiger partial charge in [0.2, 0.25) is 0 Å². The van der Waals surface area contributed by atoms with Gasteiger partial charge in [0, 0.05) is 11.3 Å². The van der Waals surface area contributed by atoms with Crippen LogP contribution in [0.25, 0.3) is 11.0 Å². The molecule has 2 heterocycles. The summed E-state index contributed by atoms with van der Waals surface area (Å²) >= 11 is 1.50. The lowest BCUT2D eigenvalue weighted by Gasteiger charge is -2.08. The molecule has 8 heteroatoms. The van der Waals surface area contributed by atoms with Gasteiger partial charge < -0.3 is 10.3 Å². The molecule has 0 radical (unpaired) electrons. The first-order valence-electron chi connectivity index (χ1n) is 8.07. The van der Waals surface area contributed by atoms with Crippen LogP contribution in [0.3, 0.4) is 0 Å². The number of nitrogens with one attached hydrogen (secondary N) is 3. The topological polar surface area (TPSA) is 99.3 Å². The average Bonchev–Trinajstić information content (AvgIpc) is 3.33. The number of hydrogen-bond donors (Lipinski definition) is 3. The largest absolute Gasteiger partial charge is 0.345 e. The SMILES string of the molecule is O=C(NCc1nc2ccccc2[nH]1)c1ccccc1CSc1ncn[nH]1. The standard InChI is InChI=1S/C18H16N6OS/c25-17(19-9-16-22-14-7-3-4-8-15(14)23-16)13-6-2-1-5-12(13)10-26-18-20-11-21-24-18/h1-8,11H,9-10H2,(H,19,25)(H,22,23)(H,20,21,24). The van der Waals surface area contributed by atoms with Gasteiger partial charge in [-0.15, -0.1) is 0 Å². The number of aromatic nitrogens is 5. The zero-order valence-corrected chi connectivity index (χ0v) is 14.6. The third-order valence-corrected chi connectivity index (χ3v) is 4.80. The number of imidazole rings is 1. The molecule has 4 rings (SSSR count). The number of hydrogen-bond acceptors (Lipinski definition) is 5. The van der Waals surface area contributed by atoms with Gasteiger partial charge in [-0.2, -0.15) is 5.10 Å². The van der Waals surface area contributed by atoms with E-state index in [2.05, 4.69) is 30.5 Å². The summed E-state index contributed by atoms with van der Waals surface area (Å²) in [5, 5.41) is 10.3. The summed E-state index contributed by atoms with van der Waals surface area (Å²) in [7, 11) is 0. The van der Waals surface area contributed by atoms with E-state index in [1.165, 1.54) is 18.1 Å². The summed E-state index contributed by atoms with van der Waals surface area (Å²) in [5.74, 6) is 1.23. The van der Waals surface area contributed by atoms with E-state index >= 15 is 0 Å². The fourth-order valence-electron chi connectivity index (χ4n) is 2.63. The van der Waals surface area contributed by atoms with E-state index < -0.39 is 0 Å². The van der Waals surface area contributed by atoms with Gasteiger partial charge in [0.1, 0.15) is 12.2 Å². The zero-order valence-electron chi connectivity index (χ0n) is 13.8. The van der Waals surface area contributed by atoms with Crippen LogP contribution in [0.4, 0.5) is 0 Å². The molecule has 0 aliphatic heterocycles. The van der Waals surface area contributed by atoms with Gasteiger partial charge in [-0.3, -0.25) is 9.89 Å². The van der Waals surface area contributed by atoms with E-state index in [1.807, 2.05) is 48.5 Å². The summed E-state index contributed by atoms with van der Waals surface area (Å²) in [5.41, 5.74) is 3.44. The number of rotatable bonds is 6. The van der Waals surface area contributed by atoms with Crippen molar-refractivity contribution in [2.75, 3.05) is 0 Å². The van der Waals surface area contributed by atoms with E-state index in [0.717, 1.165) is 27.6 Å². The van der Waals surface area contributed by atoms with Crippen LogP contribution in [-0.2, 0) is 12.3 Å². The van der Waals surface area contributed by atoms with Crippen LogP contribution in [0.5, 0.6) is 0 Å². The van der Waals surface area contributed by atoms with Crippen LogP contribution in [-0.4, -0.2) is 31.1 Å². The van der Waals surface area contributed by atoms with Crippen molar-refractivity contribution in [2.24, 2.45) is 0 Å². The highest BCUT2D eigenvalue weighted by atomic mass is 32.2. The Balaban J connectivity index is 1.44. The molecule has 1 amide bonds. The number of thioether (sulfide) groups is 1. The van der Waals surface area contributed by atoms with Gasteiger partial charge in [0.15, 0.2) is 5.16 Å². The van der Waals surface area contributed by atoms with Gasteiger partial charge in [-0.05, 0) is 23.8 Å². The quantitative estimate of drug-likeness (QED) is 0.457. The third kappa shape index (κ3) is 3.60. The Morgan fingerprint density at radius 2 is 1.96 bits per heavy atom. The molecule has 7 nitrogen and oxygen atoms in total. The highest BCUT2D eigenvalue weighted by Gasteiger charge is 2.12. The molecule has 0 bridgehead atoms. The van der Waals surface area contributed by atoms with Crippen LogP contribution < -0.4 is 5.32 Å². The molecule has 130 valence electrons. The van der Waals surface area contributed by atoms with E-state index in [-0.39, 0.29) is 5.91 Å². The fraction of sp³-hybridized carbons (Fsp3) is 0.111. The fourth-order valence-corrected chi connectivity index (χ4v) is 3.41. The van der Waals surface area contributed by atoms with Crippen molar-refractivity contribution < 1.29 is 4.79 Å². The molecule has 0 fully saturated rings. The highest BCUT2D eigenvalue weighted by molar-refractivity contribution is 7.98. The molecular formula is C18H16N6OS. The van der Waals surface area contributed by atoms with Crippen LogP contribution in [0.2, 0.25) is 0 Å². The van der Waals surface area contributed by atoms with Crippen molar-refractivity contribution in [2.45, 2.75) is 17.5 Å². The summed E-state index contributed by atoms with van der Waals surface area (Å²) in [6, 6.07) is 15.3. The van der Waals surface area contributed by atoms with E-state index in [0.29, 0.717) is 17.9 Å². The first-order chi connectivity index (χ1) is 12.8. The Kier molecular flexibility index (Phi) is 4.65. The minimum atomic E-state index is -0.126. The van der Waals surface area contributed by atoms with Crippen molar-refractivity contribution in [1.82, 2.24) is 30.5 Å². The Hall–Kier alpha value is -3.13. The Labute approximate surface area is 153 Å². The maximum Gasteiger partial charge on any atom is 0.251 e. The number of aromatic amines is 2. The van der Waals surface area contributed by atoms with Crippen LogP contribution in [0.15, 0.2) is 60.0 Å². The predicted octanol–water partition coefficient (Wildman–Crippen LogP) is 2.90. The second-order valence-electron chi connectivity index (χ2n) is 5.62. The van der Waals surface area contributed by atoms with Gasteiger partial charge in [-0.1, -0.05) is 42.1 Å². The number of amides is 1. The van der Waals surface area contributed by atoms with E-state index in [9.17, 15) is 4.79 Å². The number of benzene rings is 2. The second-order valence-corrected chi connectivity index (χ2v) is 6.58. The minimum Gasteiger partial charge on any atom is -0.345 e. The molecule has 2 aromatic heterocycles. The number of para-hydroxylation sites is 2. The molecule has 0 saturated carbocycles. The molecule has 26 heavy (non-hydrogen) atoms. The molecule has 2 aromatic carbocycles. The normalized spacial score (nSPS) is 10.9. The zero-order chi connectivity index (χ0) is 17.8. The first-order valence-corrected chi connectivity index (χ1v) is 9.06. The molecule has 0 aliphatic carbocycles. The molecule has 0 aliphatic rings. The van der Waals surface area contributed by atoms with Crippen molar-refractivity contribution in [3.63, 3.8) is 0 Å². The predicted molar refractivity (Wildman–Crippen MR) is 99.6 cm³/mol. The lowest BCUT2D eigenvalue weighted by Crippen LogP contribution is -2.24. The highest BCUT2D eigenvalue weighted by Crippen LogP contribution is 2.21. The second kappa shape index (κ2) is 7.40. The number of fused-ring (bicyclic) bond motifs is 1. The van der Waals surface area contributed by atoms with Crippen LogP contribution in [0, 0.1) is 0 Å². The van der Waals surface area contributed by atoms with Gasteiger partial charge in [0.05, 0.1) is 17.6 Å². The summed E-state index contributed by atoms with van der Waals surface area (Å²) in [4.78, 5) is 24.4. The Morgan fingerprint density at radius 1 is 1.12 bits per heavy atom. The Bertz CT molecular complexity index is 994. The monoisotopic (exact) mass is 364 g/mol. The molecule has 4 aromatic rings. The summed E-state index contributed by atoms with van der Waals surface area (Å²) in [6.07, 6.45) is 1.47. The van der Waals surface area contributed by atoms with E-state index in [4.69, 9.17) is 0 Å². The van der Waals surface area contributed by atoms with Gasteiger partial charge in [0.25, 0.3) is 5.91 Å². The maximum atomic E-state index is 12.6. The van der Waals surface area contributed by atoms with Gasteiger partial charge >= 0.3 is 0 Å². The number of nitrogens with zero attached hydrogens (tertiary/aromatic N) is 3. The summed E-state index contributed by atoms with van der Waals surface area (Å²) in [6.45, 7) is 0.344. The maximum absolute atomic E-state index is 12.6. The van der Waals surface area contributed by atoms with Crippen molar-refractivity contribution in [1.29, 1.82) is 0 Å². The lowest BCUT2D eigenvalue weighted by molar-refractivity contribution is 0.0949. The van der Waals surface area contributed by atoms with Crippen LogP contribution in [0.1, 0.15) is 21.7 Å². The molecular weight excluding hydrogens is 348 g/mol. The number of carbonyl (C=O) groups is 1. The average molecular weight is 364 g/mol. The minimum absolute atomic E-state index is 0.126. The smallest absolute Gasteiger partial charge is 0.251 e. The first kappa shape index (κ1) is 16.3. The van der Waals surface area contributed by atoms with Crippen LogP contribution >= 0.6 is 11.8 Å². The van der Waals surface area contributed by atoms with E-state index in [1.54, 1.807) is 0 Å². The Morgan fingerprint density at radius 3 is 2.81 bits per heavy atom. The molecule has 0 atom stereocenters. The third-order valence-electron chi connectivity index (χ3n) is 3.87. The van der Waals surface area contributed by atoms with Crippen molar-refractivity contribution in [3.05, 3.63) is 71.8 Å². The number of H-pyrrole nitrogens is 2. The van der Waals surface area contributed by atoms with Crippen molar-refractivity contribution >= 4 is 28.7 Å². The molecule has 3 N–H and O–H groups in total. The van der Waals surface area contributed by atoms with Crippen molar-refractivity contribution in [3.8, 4) is 0 Å². The molecule has 0 saturated heterocycles. The van der Waals surface area contributed by atoms with Gasteiger partial charge in [-0.25, -0.2) is 9.97 Å². The molecule has 0 spiro atoms. The number of carbonyl (C=O) groups excluding carboxylic acids is 1. The lowest BCUT2D eigenvalue weighted by atomic mass is 10.1.